The van der Waals surface area contributed by atoms with Crippen molar-refractivity contribution >= 4 is 6.01 Å². The molecule has 0 spiro atoms. The van der Waals surface area contributed by atoms with Crippen LogP contribution in [0.5, 0.6) is 0 Å². The van der Waals surface area contributed by atoms with Crippen LogP contribution in [0.4, 0.5) is 0 Å². The Morgan fingerprint density at radius 3 is 1.55 bits per heavy atom. The smallest absolute Gasteiger partial charge is 0.0831 e. The van der Waals surface area contributed by atoms with Gasteiger partial charge in [-0.15, -0.1) is 0 Å². The summed E-state index contributed by atoms with van der Waals surface area (Å²) in [6.07, 6.45) is 6.25. The van der Waals surface area contributed by atoms with Crippen LogP contribution in [0, 0.1) is 10.8 Å². The third-order valence-electron chi connectivity index (χ3n) is 1.32. The van der Waals surface area contributed by atoms with Crippen molar-refractivity contribution in [2.45, 2.75) is 12.8 Å². The fourth-order valence-corrected chi connectivity index (χ4v) is 0.723. The van der Waals surface area contributed by atoms with Gasteiger partial charge in [-0.2, -0.15) is 0 Å². The molecule has 2 nitrogen and oxygen atoms in total. The minimum atomic E-state index is 1.09. The van der Waals surface area contributed by atoms with E-state index in [9.17, 15) is 0 Å². The zero-order chi connectivity index (χ0) is 8.69. The Morgan fingerprint density at radius 1 is 1.09 bits per heavy atom. The topological polar surface area (TPSA) is 47.7 Å². The molecule has 0 heterocycles. The molecule has 2 N–H and O–H groups in total. The summed E-state index contributed by atoms with van der Waals surface area (Å²) in [5.74, 6) is 0. The van der Waals surface area contributed by atoms with Crippen molar-refractivity contribution in [2.24, 2.45) is 0 Å². The average molecular weight is 148 g/mol. The second-order valence-corrected chi connectivity index (χ2v) is 2.27. The lowest BCUT2D eigenvalue weighted by Gasteiger charge is -2.05. The second kappa shape index (κ2) is 5.39. The van der Waals surface area contributed by atoms with Crippen molar-refractivity contribution < 1.29 is 0 Å². The third-order valence-corrected chi connectivity index (χ3v) is 1.32. The molecule has 0 radical (unpaired) electrons. The van der Waals surface area contributed by atoms with Crippen LogP contribution in [0.3, 0.4) is 0 Å². The minimum absolute atomic E-state index is 1.09. The predicted molar refractivity (Wildman–Crippen MR) is 47.1 cm³/mol. The molecular weight excluding hydrogens is 136 g/mol. The normalized spacial score (nSPS) is 14.9. The van der Waals surface area contributed by atoms with Gasteiger partial charge in [0.25, 0.3) is 0 Å². The van der Waals surface area contributed by atoms with Gasteiger partial charge < -0.3 is 0 Å². The van der Waals surface area contributed by atoms with Gasteiger partial charge in [0, 0.05) is 0 Å². The maximum atomic E-state index is 5.62. The van der Waals surface area contributed by atoms with Gasteiger partial charge in [0.2, 0.25) is 0 Å². The molecule has 0 aromatic rings. The Balaban J connectivity index is 0.000000292. The van der Waals surface area contributed by atoms with Gasteiger partial charge >= 0.3 is 0 Å². The van der Waals surface area contributed by atoms with Crippen molar-refractivity contribution in [1.29, 1.82) is 10.8 Å². The molecule has 11 heavy (non-hydrogen) atoms. The molecule has 0 bridgehead atoms. The quantitative estimate of drug-likeness (QED) is 0.496. The van der Waals surface area contributed by atoms with Crippen LogP contribution in [-0.4, -0.2) is 6.01 Å². The first-order valence-corrected chi connectivity index (χ1v) is 3.32. The van der Waals surface area contributed by atoms with Gasteiger partial charge in [0.1, 0.15) is 0 Å². The third kappa shape index (κ3) is 5.07. The summed E-state index contributed by atoms with van der Waals surface area (Å²) in [5, 5.41) is 11.2. The lowest BCUT2D eigenvalue weighted by Crippen LogP contribution is -1.86. The van der Waals surface area contributed by atoms with Gasteiger partial charge in [-0.25, -0.2) is 10.8 Å². The zero-order valence-electron chi connectivity index (χ0n) is 6.48. The SMILES string of the molecule is C=C1C=CC(=C)CC1.N=C=N. The van der Waals surface area contributed by atoms with Crippen LogP contribution in [0.2, 0.25) is 0 Å². The van der Waals surface area contributed by atoms with E-state index in [1.165, 1.54) is 17.2 Å². The fourth-order valence-electron chi connectivity index (χ4n) is 0.723. The Kier molecular flexibility index (Phi) is 4.70. The Bertz CT molecular complexity index is 200. The van der Waals surface area contributed by atoms with Crippen molar-refractivity contribution in [3.8, 4) is 0 Å². The highest BCUT2D eigenvalue weighted by molar-refractivity contribution is 5.30. The summed E-state index contributed by atoms with van der Waals surface area (Å²) in [6, 6.07) is 1.25. The standard InChI is InChI=1S/C8H10.CH2N2/c1-7-3-5-8(2)6-4-7;2-1-3/h3,5H,1-2,4,6H2;2-3H. The van der Waals surface area contributed by atoms with E-state index >= 15 is 0 Å². The summed E-state index contributed by atoms with van der Waals surface area (Å²) < 4.78 is 0. The molecule has 0 aliphatic heterocycles. The van der Waals surface area contributed by atoms with E-state index in [0.717, 1.165) is 12.8 Å². The first-order chi connectivity index (χ1) is 5.20. The molecule has 0 atom stereocenters. The Labute approximate surface area is 67.0 Å². The maximum Gasteiger partial charge on any atom is 0.0831 e. The summed E-state index contributed by atoms with van der Waals surface area (Å²) in [6.45, 7) is 7.64. The number of hydrogen-bond donors (Lipinski definition) is 2. The molecule has 0 amide bonds. The highest BCUT2D eigenvalue weighted by atomic mass is 14.4. The maximum absolute atomic E-state index is 5.62. The van der Waals surface area contributed by atoms with E-state index < -0.39 is 0 Å². The number of allylic oxidation sites excluding steroid dienone is 4. The van der Waals surface area contributed by atoms with Crippen LogP contribution in [0.15, 0.2) is 36.5 Å². The van der Waals surface area contributed by atoms with Crippen LogP contribution in [0.1, 0.15) is 12.8 Å². The van der Waals surface area contributed by atoms with Crippen LogP contribution in [-0.2, 0) is 0 Å². The van der Waals surface area contributed by atoms with Crippen LogP contribution >= 0.6 is 0 Å². The summed E-state index contributed by atoms with van der Waals surface area (Å²) in [5.41, 5.74) is 2.44. The second-order valence-electron chi connectivity index (χ2n) is 2.27. The van der Waals surface area contributed by atoms with Gasteiger partial charge in [0.05, 0.1) is 6.01 Å². The van der Waals surface area contributed by atoms with Crippen molar-refractivity contribution in [3.63, 3.8) is 0 Å². The number of rotatable bonds is 0. The van der Waals surface area contributed by atoms with E-state index in [4.69, 9.17) is 10.8 Å². The number of hydrogen-bond acceptors (Lipinski definition) is 2. The molecule has 2 heteroatoms. The fraction of sp³-hybridized carbons (Fsp3) is 0.222. The van der Waals surface area contributed by atoms with E-state index in [1.54, 1.807) is 0 Å². The number of nitrogens with one attached hydrogen (secondary N) is 2. The van der Waals surface area contributed by atoms with E-state index in [-0.39, 0.29) is 0 Å². The van der Waals surface area contributed by atoms with E-state index in [2.05, 4.69) is 13.2 Å². The molecule has 1 rings (SSSR count). The molecule has 1 aliphatic rings. The minimum Gasteiger partial charge on any atom is -0.242 e. The highest BCUT2D eigenvalue weighted by Gasteiger charge is 1.97. The molecule has 0 fully saturated rings. The van der Waals surface area contributed by atoms with Crippen LogP contribution in [0.25, 0.3) is 0 Å². The van der Waals surface area contributed by atoms with E-state index in [1.807, 2.05) is 12.2 Å². The first-order valence-electron chi connectivity index (χ1n) is 3.32. The van der Waals surface area contributed by atoms with Crippen molar-refractivity contribution in [2.75, 3.05) is 0 Å². The zero-order valence-corrected chi connectivity index (χ0v) is 6.48. The lowest BCUT2D eigenvalue weighted by atomic mass is 10.0. The Hall–Kier alpha value is -1.40. The molecule has 0 saturated carbocycles. The molecule has 0 aromatic heterocycles. The Morgan fingerprint density at radius 2 is 1.36 bits per heavy atom. The van der Waals surface area contributed by atoms with Gasteiger partial charge in [-0.05, 0) is 12.8 Å². The van der Waals surface area contributed by atoms with Gasteiger partial charge in [-0.3, -0.25) is 0 Å². The predicted octanol–water partition coefficient (Wildman–Crippen LogP) is 2.77. The average Bonchev–Trinajstić information content (AvgIpc) is 1.97. The summed E-state index contributed by atoms with van der Waals surface area (Å²) >= 11 is 0. The summed E-state index contributed by atoms with van der Waals surface area (Å²) in [4.78, 5) is 0. The summed E-state index contributed by atoms with van der Waals surface area (Å²) in [7, 11) is 0. The molecule has 58 valence electrons. The molecule has 1 aliphatic carbocycles. The van der Waals surface area contributed by atoms with Crippen molar-refractivity contribution in [1.82, 2.24) is 0 Å². The highest BCUT2D eigenvalue weighted by Crippen LogP contribution is 2.16. The van der Waals surface area contributed by atoms with E-state index in [0.29, 0.717) is 0 Å². The molecule has 0 saturated heterocycles. The largest absolute Gasteiger partial charge is 0.242 e. The van der Waals surface area contributed by atoms with Crippen LogP contribution < -0.4 is 0 Å². The van der Waals surface area contributed by atoms with Crippen molar-refractivity contribution in [3.05, 3.63) is 36.5 Å². The van der Waals surface area contributed by atoms with Gasteiger partial charge in [0.15, 0.2) is 0 Å². The molecular formula is C9H12N2. The monoisotopic (exact) mass is 148 g/mol. The van der Waals surface area contributed by atoms with Gasteiger partial charge in [-0.1, -0.05) is 36.5 Å². The molecule has 0 aromatic carbocycles. The molecule has 0 unspecified atom stereocenters. The lowest BCUT2D eigenvalue weighted by molar-refractivity contribution is 0.955. The first kappa shape index (κ1) is 9.60.